The van der Waals surface area contributed by atoms with Gasteiger partial charge in [-0.25, -0.2) is 4.39 Å². The molecule has 0 aliphatic heterocycles. The van der Waals surface area contributed by atoms with E-state index in [1.54, 1.807) is 0 Å². The van der Waals surface area contributed by atoms with Crippen molar-refractivity contribution in [3.05, 3.63) is 89.0 Å². The van der Waals surface area contributed by atoms with Gasteiger partial charge in [-0.15, -0.1) is 0 Å². The summed E-state index contributed by atoms with van der Waals surface area (Å²) in [7, 11) is 0. The van der Waals surface area contributed by atoms with Crippen LogP contribution in [0.2, 0.25) is 0 Å². The Hall–Kier alpha value is -2.52. The summed E-state index contributed by atoms with van der Waals surface area (Å²) in [5.41, 5.74) is 6.40. The van der Waals surface area contributed by atoms with Gasteiger partial charge >= 0.3 is 0 Å². The Morgan fingerprint density at radius 3 is 2.14 bits per heavy atom. The number of pyridine rings is 1. The normalized spacial score (nSPS) is 11.4. The van der Waals surface area contributed by atoms with Crippen molar-refractivity contribution in [3.8, 4) is 11.1 Å². The minimum atomic E-state index is -0.229. The lowest BCUT2D eigenvalue weighted by Gasteiger charge is -2.20. The van der Waals surface area contributed by atoms with Crippen LogP contribution in [0.4, 0.5) is 4.39 Å². The van der Waals surface area contributed by atoms with Crippen LogP contribution in [-0.4, -0.2) is 4.98 Å². The highest BCUT2D eigenvalue weighted by molar-refractivity contribution is 5.69. The molecule has 2 aromatic carbocycles. The third kappa shape index (κ3) is 4.85. The van der Waals surface area contributed by atoms with Crippen molar-refractivity contribution in [1.82, 2.24) is 4.98 Å². The van der Waals surface area contributed by atoms with Crippen LogP contribution >= 0.6 is 0 Å². The summed E-state index contributed by atoms with van der Waals surface area (Å²) in [6, 6.07) is 19.0. The molecule has 0 unspecified atom stereocenters. The van der Waals surface area contributed by atoms with Crippen molar-refractivity contribution in [2.24, 2.45) is 0 Å². The van der Waals surface area contributed by atoms with E-state index in [1.807, 2.05) is 30.3 Å². The van der Waals surface area contributed by atoms with Gasteiger partial charge in [0, 0.05) is 17.0 Å². The zero-order valence-corrected chi connectivity index (χ0v) is 17.1. The standard InChI is InChI=1S/C25H28FNO/c1-17(2)24-14-22(20-10-12-21(26)13-11-20)23(25(27-24)18(3)4)16-28-15-19-8-6-5-7-9-19/h5-14,17-18H,15-16H2,1-4H3. The molecule has 0 saturated carbocycles. The fraction of sp³-hybridized carbons (Fsp3) is 0.320. The summed E-state index contributed by atoms with van der Waals surface area (Å²) in [6.07, 6.45) is 0. The molecule has 1 heterocycles. The van der Waals surface area contributed by atoms with Gasteiger partial charge in [-0.05, 0) is 46.7 Å². The molecule has 0 saturated heterocycles. The molecule has 0 aliphatic rings. The minimum absolute atomic E-state index is 0.229. The molecule has 0 amide bonds. The van der Waals surface area contributed by atoms with E-state index in [-0.39, 0.29) is 11.7 Å². The van der Waals surface area contributed by atoms with Crippen molar-refractivity contribution in [2.75, 3.05) is 0 Å². The fourth-order valence-corrected chi connectivity index (χ4v) is 3.27. The predicted molar refractivity (Wildman–Crippen MR) is 113 cm³/mol. The van der Waals surface area contributed by atoms with Gasteiger partial charge in [0.05, 0.1) is 13.2 Å². The van der Waals surface area contributed by atoms with Crippen LogP contribution in [0.3, 0.4) is 0 Å². The fourth-order valence-electron chi connectivity index (χ4n) is 3.27. The second-order valence-corrected chi connectivity index (χ2v) is 7.75. The molecule has 0 atom stereocenters. The van der Waals surface area contributed by atoms with Crippen molar-refractivity contribution in [3.63, 3.8) is 0 Å². The molecule has 146 valence electrons. The molecule has 28 heavy (non-hydrogen) atoms. The molecule has 0 N–H and O–H groups in total. The molecule has 3 rings (SSSR count). The van der Waals surface area contributed by atoms with Gasteiger partial charge in [-0.2, -0.15) is 0 Å². The molecule has 1 aromatic heterocycles. The number of ether oxygens (including phenoxy) is 1. The largest absolute Gasteiger partial charge is 0.372 e. The van der Waals surface area contributed by atoms with Crippen molar-refractivity contribution in [2.45, 2.75) is 52.7 Å². The summed E-state index contributed by atoms with van der Waals surface area (Å²) >= 11 is 0. The van der Waals surface area contributed by atoms with Crippen molar-refractivity contribution >= 4 is 0 Å². The molecule has 0 bridgehead atoms. The first-order valence-electron chi connectivity index (χ1n) is 9.87. The third-order valence-electron chi connectivity index (χ3n) is 4.83. The van der Waals surface area contributed by atoms with Gasteiger partial charge < -0.3 is 4.74 Å². The number of benzene rings is 2. The monoisotopic (exact) mass is 377 g/mol. The number of nitrogens with zero attached hydrogens (tertiary/aromatic N) is 1. The molecule has 3 aromatic rings. The first-order chi connectivity index (χ1) is 13.5. The summed E-state index contributed by atoms with van der Waals surface area (Å²) in [6.45, 7) is 9.62. The van der Waals surface area contributed by atoms with Crippen LogP contribution in [0.1, 0.15) is 62.0 Å². The Morgan fingerprint density at radius 2 is 1.54 bits per heavy atom. The van der Waals surface area contributed by atoms with E-state index in [0.717, 1.165) is 33.6 Å². The highest BCUT2D eigenvalue weighted by atomic mass is 19.1. The molecule has 0 fully saturated rings. The summed E-state index contributed by atoms with van der Waals surface area (Å²) < 4.78 is 19.5. The average molecular weight is 378 g/mol. The van der Waals surface area contributed by atoms with Crippen LogP contribution in [0, 0.1) is 5.82 Å². The summed E-state index contributed by atoms with van der Waals surface area (Å²) in [4.78, 5) is 4.95. The first-order valence-corrected chi connectivity index (χ1v) is 9.87. The summed E-state index contributed by atoms with van der Waals surface area (Å²) in [5, 5.41) is 0. The lowest BCUT2D eigenvalue weighted by molar-refractivity contribution is 0.106. The minimum Gasteiger partial charge on any atom is -0.372 e. The Bertz CT molecular complexity index is 902. The molecule has 3 heteroatoms. The average Bonchev–Trinajstić information content (AvgIpc) is 2.69. The van der Waals surface area contributed by atoms with E-state index in [4.69, 9.17) is 9.72 Å². The Balaban J connectivity index is 2.00. The number of hydrogen-bond acceptors (Lipinski definition) is 2. The SMILES string of the molecule is CC(C)c1cc(-c2ccc(F)cc2)c(COCc2ccccc2)c(C(C)C)n1. The smallest absolute Gasteiger partial charge is 0.123 e. The Morgan fingerprint density at radius 1 is 0.857 bits per heavy atom. The third-order valence-corrected chi connectivity index (χ3v) is 4.83. The van der Waals surface area contributed by atoms with Crippen molar-refractivity contribution < 1.29 is 9.13 Å². The van der Waals surface area contributed by atoms with Crippen LogP contribution in [0.15, 0.2) is 60.7 Å². The molecular weight excluding hydrogens is 349 g/mol. The highest BCUT2D eigenvalue weighted by Crippen LogP contribution is 2.33. The van der Waals surface area contributed by atoms with Gasteiger partial charge in [-0.1, -0.05) is 70.2 Å². The lowest BCUT2D eigenvalue weighted by Crippen LogP contribution is -2.09. The molecule has 2 nitrogen and oxygen atoms in total. The van der Waals surface area contributed by atoms with Gasteiger partial charge in [0.2, 0.25) is 0 Å². The zero-order valence-electron chi connectivity index (χ0n) is 17.1. The first kappa shape index (κ1) is 20.2. The zero-order chi connectivity index (χ0) is 20.1. The van der Waals surface area contributed by atoms with E-state index in [1.165, 1.54) is 12.1 Å². The summed E-state index contributed by atoms with van der Waals surface area (Å²) in [5.74, 6) is 0.358. The van der Waals surface area contributed by atoms with Gasteiger partial charge in [0.25, 0.3) is 0 Å². The predicted octanol–water partition coefficient (Wildman–Crippen LogP) is 6.85. The maximum Gasteiger partial charge on any atom is 0.123 e. The van der Waals surface area contributed by atoms with Gasteiger partial charge in [0.1, 0.15) is 5.82 Å². The topological polar surface area (TPSA) is 22.1 Å². The maximum absolute atomic E-state index is 13.5. The number of halogens is 1. The number of hydrogen-bond donors (Lipinski definition) is 0. The number of aromatic nitrogens is 1. The Labute approximate surface area is 167 Å². The molecule has 0 spiro atoms. The molecular formula is C25H28FNO. The maximum atomic E-state index is 13.5. The second-order valence-electron chi connectivity index (χ2n) is 7.75. The highest BCUT2D eigenvalue weighted by Gasteiger charge is 2.18. The van der Waals surface area contributed by atoms with Crippen LogP contribution in [0.25, 0.3) is 11.1 Å². The van der Waals surface area contributed by atoms with Gasteiger partial charge in [0.15, 0.2) is 0 Å². The van der Waals surface area contributed by atoms with Gasteiger partial charge in [-0.3, -0.25) is 4.98 Å². The van der Waals surface area contributed by atoms with Crippen LogP contribution in [0.5, 0.6) is 0 Å². The quantitative estimate of drug-likeness (QED) is 0.449. The van der Waals surface area contributed by atoms with Crippen molar-refractivity contribution in [1.29, 1.82) is 0 Å². The van der Waals surface area contributed by atoms with E-state index in [2.05, 4.69) is 45.9 Å². The molecule has 0 aliphatic carbocycles. The molecule has 0 radical (unpaired) electrons. The lowest BCUT2D eigenvalue weighted by atomic mass is 9.92. The van der Waals surface area contributed by atoms with E-state index < -0.39 is 0 Å². The van der Waals surface area contributed by atoms with E-state index >= 15 is 0 Å². The van der Waals surface area contributed by atoms with Crippen LogP contribution in [-0.2, 0) is 18.0 Å². The van der Waals surface area contributed by atoms with E-state index in [9.17, 15) is 4.39 Å². The van der Waals surface area contributed by atoms with Crippen LogP contribution < -0.4 is 0 Å². The van der Waals surface area contributed by atoms with E-state index in [0.29, 0.717) is 19.1 Å². The second kappa shape index (κ2) is 9.11. The Kier molecular flexibility index (Phi) is 6.58. The number of rotatable bonds is 7.